The first-order valence-electron chi connectivity index (χ1n) is 12.8. The number of nitrogens with zero attached hydrogens (tertiary/aromatic N) is 4. The number of nitrogens with one attached hydrogen (secondary N) is 4. The Morgan fingerprint density at radius 1 is 1.31 bits per heavy atom. The minimum atomic E-state index is -5.16. The summed E-state index contributed by atoms with van der Waals surface area (Å²) >= 11 is 0. The first kappa shape index (κ1) is 31.1. The van der Waals surface area contributed by atoms with Gasteiger partial charge in [-0.05, 0) is 19.1 Å². The number of carbonyl (C=O) groups is 1. The zero-order valence-electron chi connectivity index (χ0n) is 22.6. The quantitative estimate of drug-likeness (QED) is 0.172. The van der Waals surface area contributed by atoms with E-state index >= 15 is 0 Å². The molecule has 0 radical (unpaired) electrons. The Kier molecular flexibility index (Phi) is 8.76. The number of aromatic nitrogens is 4. The summed E-state index contributed by atoms with van der Waals surface area (Å²) in [6.07, 6.45) is 5.83. The molecule has 2 aromatic heterocycles. The number of allylic oxidation sites excluding steroid dienone is 3. The van der Waals surface area contributed by atoms with Gasteiger partial charge in [0.05, 0.1) is 12.7 Å². The molecule has 4 rings (SSSR count). The topological polar surface area (TPSA) is 188 Å². The average molecular weight is 611 g/mol. The number of H-pyrrole nitrogens is 1. The number of hydrogen-bond donors (Lipinski definition) is 6. The summed E-state index contributed by atoms with van der Waals surface area (Å²) in [4.78, 5) is 43.3. The van der Waals surface area contributed by atoms with Gasteiger partial charge >= 0.3 is 12.1 Å². The number of aliphatic hydroxyl groups is 1. The first-order chi connectivity index (χ1) is 19.8. The van der Waals surface area contributed by atoms with Crippen molar-refractivity contribution in [3.05, 3.63) is 71.5 Å². The van der Waals surface area contributed by atoms with Crippen LogP contribution in [-0.4, -0.2) is 68.1 Å². The first-order valence-corrected chi connectivity index (χ1v) is 14.3. The van der Waals surface area contributed by atoms with Crippen LogP contribution in [0, 0.1) is 0 Å². The molecule has 0 saturated heterocycles. The number of anilines is 2. The van der Waals surface area contributed by atoms with Crippen LogP contribution >= 0.6 is 7.60 Å². The fourth-order valence-corrected chi connectivity index (χ4v) is 5.66. The average Bonchev–Trinajstić information content (AvgIpc) is 3.48. The molecule has 6 N–H and O–H groups in total. The van der Waals surface area contributed by atoms with E-state index < -0.39 is 42.3 Å². The monoisotopic (exact) mass is 610 g/mol. The predicted molar refractivity (Wildman–Crippen MR) is 146 cm³/mol. The van der Waals surface area contributed by atoms with Gasteiger partial charge in [0.1, 0.15) is 35.1 Å². The van der Waals surface area contributed by atoms with Crippen LogP contribution in [0.15, 0.2) is 65.9 Å². The molecule has 17 heteroatoms. The van der Waals surface area contributed by atoms with Gasteiger partial charge < -0.3 is 35.4 Å². The molecule has 0 saturated carbocycles. The third kappa shape index (κ3) is 6.03. The number of likely N-dealkylation sites (N-methyl/N-ethyl adjacent to an activating group) is 1. The smallest absolute Gasteiger partial charge is 0.421 e. The van der Waals surface area contributed by atoms with Gasteiger partial charge in [0.15, 0.2) is 13.3 Å². The van der Waals surface area contributed by atoms with Crippen LogP contribution in [0.5, 0.6) is 0 Å². The maximum atomic E-state index is 14.1. The van der Waals surface area contributed by atoms with Crippen LogP contribution in [0.25, 0.3) is 0 Å². The van der Waals surface area contributed by atoms with Crippen molar-refractivity contribution < 1.29 is 37.4 Å². The second kappa shape index (κ2) is 11.8. The highest BCUT2D eigenvalue weighted by Gasteiger charge is 2.45. The molecular weight excluding hydrogens is 580 g/mol. The molecule has 3 unspecified atom stereocenters. The number of carbonyl (C=O) groups excluding carboxylic acids is 1. The lowest BCUT2D eigenvalue weighted by molar-refractivity contribution is -0.197. The molecule has 0 fully saturated rings. The van der Waals surface area contributed by atoms with Gasteiger partial charge in [-0.2, -0.15) is 23.3 Å². The van der Waals surface area contributed by atoms with E-state index in [-0.39, 0.29) is 48.4 Å². The fraction of sp³-hybridized carbons (Fsp3) is 0.360. The molecule has 2 aliphatic rings. The van der Waals surface area contributed by atoms with Crippen molar-refractivity contribution in [2.24, 2.45) is 0 Å². The molecule has 1 aliphatic carbocycles. The summed E-state index contributed by atoms with van der Waals surface area (Å²) in [6.45, 7) is 1.94. The standard InChI is InChI=1S/C25H30F3N8O5P/c1-16-6-8-24(9-7-16,42(39,40)41)35-23-30-15-18(25(26,27)28)21(34-23)33-19-5-3-10-36(11-4-12-37,17-13-31-32-14-17)20(19)22(38)29-2/h3,5-8,13-15,37H,4,9-12H2,1-2H3,(H5-,29,30,31,32,33,34,35,38,39,40,41). The molecule has 0 bridgehead atoms. The van der Waals surface area contributed by atoms with E-state index in [0.29, 0.717) is 11.9 Å². The highest BCUT2D eigenvalue weighted by atomic mass is 31.2. The number of aliphatic hydroxyl groups excluding tert-OH is 1. The number of aromatic amines is 1. The fourth-order valence-electron chi connectivity index (χ4n) is 4.83. The number of hydrogen-bond acceptors (Lipinski definition) is 9. The SMILES string of the molecule is CNC(=O)C1=C(Nc2nc(NC3(P(=O)([O-])O)C=CC(C)=CC3)ncc2C(F)(F)F)C=CC[N+]1(CCCO)c1cn[nH]c1. The van der Waals surface area contributed by atoms with Crippen LogP contribution in [0.2, 0.25) is 0 Å². The van der Waals surface area contributed by atoms with Crippen molar-refractivity contribution in [3.63, 3.8) is 0 Å². The van der Waals surface area contributed by atoms with E-state index in [4.69, 9.17) is 0 Å². The second-order valence-corrected chi connectivity index (χ2v) is 11.6. The molecule has 0 spiro atoms. The van der Waals surface area contributed by atoms with Gasteiger partial charge in [0.2, 0.25) is 11.6 Å². The van der Waals surface area contributed by atoms with Crippen LogP contribution in [0.3, 0.4) is 0 Å². The summed E-state index contributed by atoms with van der Waals surface area (Å²) in [5, 5.41) is 21.8. The minimum Gasteiger partial charge on any atom is -0.777 e. The molecule has 13 nitrogen and oxygen atoms in total. The van der Waals surface area contributed by atoms with Gasteiger partial charge in [-0.25, -0.2) is 9.47 Å². The summed E-state index contributed by atoms with van der Waals surface area (Å²) in [7, 11) is -3.79. The maximum absolute atomic E-state index is 14.1. The lowest BCUT2D eigenvalue weighted by Gasteiger charge is -2.40. The molecule has 2 aromatic rings. The van der Waals surface area contributed by atoms with Crippen LogP contribution in [0.1, 0.15) is 25.3 Å². The highest BCUT2D eigenvalue weighted by Crippen LogP contribution is 2.51. The van der Waals surface area contributed by atoms with Gasteiger partial charge in [0, 0.05) is 32.7 Å². The summed E-state index contributed by atoms with van der Waals surface area (Å²) in [6, 6.07) is 0. The van der Waals surface area contributed by atoms with Crippen molar-refractivity contribution in [2.75, 3.05) is 37.4 Å². The number of alkyl halides is 3. The molecule has 3 atom stereocenters. The predicted octanol–water partition coefficient (Wildman–Crippen LogP) is 2.11. The number of quaternary nitrogens is 1. The van der Waals surface area contributed by atoms with Crippen molar-refractivity contribution in [3.8, 4) is 0 Å². The van der Waals surface area contributed by atoms with Crippen molar-refractivity contribution in [1.29, 1.82) is 0 Å². The van der Waals surface area contributed by atoms with Gasteiger partial charge in [-0.3, -0.25) is 9.89 Å². The third-order valence-corrected chi connectivity index (χ3v) is 8.49. The Hall–Kier alpha value is -3.82. The third-order valence-electron chi connectivity index (χ3n) is 7.04. The zero-order chi connectivity index (χ0) is 30.8. The number of halogens is 3. The number of amides is 1. The van der Waals surface area contributed by atoms with Gasteiger partial charge in [0.25, 0.3) is 0 Å². The second-order valence-electron chi connectivity index (χ2n) is 9.79. The van der Waals surface area contributed by atoms with E-state index in [0.717, 1.165) is 5.57 Å². The molecule has 1 amide bonds. The summed E-state index contributed by atoms with van der Waals surface area (Å²) in [5.41, 5.74) is -0.0453. The van der Waals surface area contributed by atoms with E-state index in [2.05, 4.69) is 36.1 Å². The zero-order valence-corrected chi connectivity index (χ0v) is 23.5. The van der Waals surface area contributed by atoms with Gasteiger partial charge in [-0.1, -0.05) is 23.8 Å². The highest BCUT2D eigenvalue weighted by molar-refractivity contribution is 7.52. The van der Waals surface area contributed by atoms with E-state index in [1.165, 1.54) is 37.5 Å². The van der Waals surface area contributed by atoms with Crippen LogP contribution in [0.4, 0.5) is 30.6 Å². The number of rotatable bonds is 10. The van der Waals surface area contributed by atoms with Crippen molar-refractivity contribution in [2.45, 2.75) is 31.2 Å². The molecule has 3 heterocycles. The van der Waals surface area contributed by atoms with Crippen molar-refractivity contribution >= 4 is 31.0 Å². The molecule has 0 aromatic carbocycles. The largest absolute Gasteiger partial charge is 0.777 e. The van der Waals surface area contributed by atoms with E-state index in [9.17, 15) is 37.4 Å². The Bertz CT molecular complexity index is 1500. The maximum Gasteiger partial charge on any atom is 0.421 e. The van der Waals surface area contributed by atoms with Crippen molar-refractivity contribution in [1.82, 2.24) is 30.0 Å². The summed E-state index contributed by atoms with van der Waals surface area (Å²) in [5.74, 6) is -1.90. The Labute approximate surface area is 238 Å². The lowest BCUT2D eigenvalue weighted by Crippen LogP contribution is -2.55. The van der Waals surface area contributed by atoms with Gasteiger partial charge in [-0.15, -0.1) is 0 Å². The van der Waals surface area contributed by atoms with Crippen LogP contribution in [-0.2, 0) is 15.5 Å². The van der Waals surface area contributed by atoms with Crippen LogP contribution < -0.4 is 25.3 Å². The molecule has 42 heavy (non-hydrogen) atoms. The Morgan fingerprint density at radius 3 is 2.64 bits per heavy atom. The lowest BCUT2D eigenvalue weighted by atomic mass is 10.0. The normalized spacial score (nSPS) is 23.8. The minimum absolute atomic E-state index is 0.0302. The Morgan fingerprint density at radius 2 is 2.07 bits per heavy atom. The molecule has 1 aliphatic heterocycles. The van der Waals surface area contributed by atoms with E-state index in [1.807, 2.05) is 0 Å². The summed E-state index contributed by atoms with van der Waals surface area (Å²) < 4.78 is 54.5. The van der Waals surface area contributed by atoms with E-state index in [1.54, 1.807) is 19.2 Å². The molecule has 226 valence electrons. The Balaban J connectivity index is 1.86. The molecular formula is C25H30F3N8O5P.